The number of hydrogen-bond acceptors (Lipinski definition) is 12. The van der Waals surface area contributed by atoms with Gasteiger partial charge in [-0.25, -0.2) is 14.5 Å². The van der Waals surface area contributed by atoms with Crippen LogP contribution in [0.1, 0.15) is 0 Å². The number of carbonyl (C=O) groups excluding carboxylic acids is 2. The van der Waals surface area contributed by atoms with E-state index in [9.17, 15) is 19.5 Å². The molecule has 5 N–H and O–H groups in total. The van der Waals surface area contributed by atoms with Crippen LogP contribution < -0.4 is 16.4 Å². The molecule has 0 unspecified atom stereocenters. The number of carboxylic acid groups (broad SMARTS) is 1. The molecule has 0 bridgehead atoms. The van der Waals surface area contributed by atoms with Crippen LogP contribution in [0.25, 0.3) is 0 Å². The second kappa shape index (κ2) is 10.4. The molecule has 2 atom stereocenters. The van der Waals surface area contributed by atoms with Gasteiger partial charge in [-0.3, -0.25) is 14.5 Å². The van der Waals surface area contributed by atoms with Gasteiger partial charge in [0.2, 0.25) is 11.1 Å². The zero-order chi connectivity index (χ0) is 22.1. The Labute approximate surface area is 216 Å². The number of thiazole rings is 1. The third-order valence-corrected chi connectivity index (χ3v) is 7.59. The Hall–Kier alpha value is -1.85. The molecule has 4 rings (SSSR count). The Morgan fingerprint density at radius 1 is 1.44 bits per heavy atom. The van der Waals surface area contributed by atoms with Crippen LogP contribution in [0.15, 0.2) is 21.8 Å². The van der Waals surface area contributed by atoms with Crippen LogP contribution in [-0.4, -0.2) is 112 Å². The molecule has 2 aliphatic heterocycles. The molecular weight excluding hydrogens is 489 g/mol. The second-order valence-electron chi connectivity index (χ2n) is 6.51. The molecule has 0 aliphatic carbocycles. The van der Waals surface area contributed by atoms with E-state index in [-0.39, 0.29) is 41.8 Å². The number of carbonyl (C=O) groups is 3. The van der Waals surface area contributed by atoms with Crippen molar-refractivity contribution in [1.29, 1.82) is 0 Å². The average Bonchev–Trinajstić information content (AvgIpc) is 3.35. The Balaban J connectivity index is 0.00000289. The first-order valence-corrected chi connectivity index (χ1v) is 11.8. The van der Waals surface area contributed by atoms with Crippen LogP contribution in [0.2, 0.25) is 0 Å². The predicted molar refractivity (Wildman–Crippen MR) is 121 cm³/mol. The average molecular weight is 508 g/mol. The van der Waals surface area contributed by atoms with Crippen molar-refractivity contribution in [3.8, 4) is 0 Å². The number of nitrogens with one attached hydrogen (secondary N) is 2. The number of thioether (sulfide) groups is 2. The summed E-state index contributed by atoms with van der Waals surface area (Å²) in [7, 11) is 1.69. The van der Waals surface area contributed by atoms with E-state index in [1.807, 2.05) is 0 Å². The molecule has 1 saturated heterocycles. The summed E-state index contributed by atoms with van der Waals surface area (Å²) in [5.74, 6) is -0.819. The molecule has 32 heavy (non-hydrogen) atoms. The van der Waals surface area contributed by atoms with Crippen molar-refractivity contribution < 1.29 is 19.5 Å². The van der Waals surface area contributed by atoms with Crippen LogP contribution in [-0.2, 0) is 21.4 Å². The third-order valence-electron chi connectivity index (χ3n) is 4.48. The normalized spacial score (nSPS) is 19.7. The Morgan fingerprint density at radius 2 is 2.22 bits per heavy atom. The van der Waals surface area contributed by atoms with E-state index in [1.165, 1.54) is 44.4 Å². The molecule has 2 aliphatic rings. The zero-order valence-corrected chi connectivity index (χ0v) is 18.5. The monoisotopic (exact) mass is 507 g/mol. The number of amides is 2. The van der Waals surface area contributed by atoms with Crippen molar-refractivity contribution in [3.05, 3.63) is 16.7 Å². The van der Waals surface area contributed by atoms with E-state index in [0.29, 0.717) is 33.2 Å². The number of β-lactam (4-membered cyclic amide) rings is 1. The van der Waals surface area contributed by atoms with Crippen LogP contribution in [0, 0.1) is 0 Å². The minimum absolute atomic E-state index is 0. The summed E-state index contributed by atoms with van der Waals surface area (Å²) in [6.07, 6.45) is 0. The molecule has 0 saturated carbocycles. The Bertz CT molecular complexity index is 1070. The third kappa shape index (κ3) is 5.04. The van der Waals surface area contributed by atoms with Crippen LogP contribution >= 0.6 is 34.9 Å². The Kier molecular flexibility index (Phi) is 8.05. The van der Waals surface area contributed by atoms with E-state index in [4.69, 9.17) is 5.73 Å². The maximum absolute atomic E-state index is 12.7. The summed E-state index contributed by atoms with van der Waals surface area (Å²) in [4.78, 5) is 42.0. The van der Waals surface area contributed by atoms with E-state index >= 15 is 0 Å². The molecule has 0 aromatic carbocycles. The van der Waals surface area contributed by atoms with Gasteiger partial charge in [0.25, 0.3) is 5.91 Å². The number of carboxylic acids is 1. The first-order valence-electron chi connectivity index (χ1n) is 8.84. The van der Waals surface area contributed by atoms with E-state index in [2.05, 4.69) is 31.1 Å². The number of tetrazole rings is 1. The summed E-state index contributed by atoms with van der Waals surface area (Å²) < 4.78 is 1.48. The van der Waals surface area contributed by atoms with Crippen LogP contribution in [0.4, 0.5) is 10.9 Å². The fraction of sp³-hybridized carbons (Fsp3) is 0.400. The van der Waals surface area contributed by atoms with Gasteiger partial charge in [-0.2, -0.15) is 0 Å². The fourth-order valence-electron chi connectivity index (χ4n) is 3.05. The molecule has 0 spiro atoms. The molecule has 2 aromatic heterocycles. The number of nitrogen functional groups attached to an aromatic ring is 1. The van der Waals surface area contributed by atoms with Gasteiger partial charge in [0.1, 0.15) is 22.9 Å². The first kappa shape index (κ1) is 24.8. The molecule has 2 aromatic rings. The SMILES string of the molecule is Cn1nnnc1SCC1=C(C(=O)O)N2C(=O)[C@@H](NC(=O)CNc3csc(N)n3)[C@H]2SC1.[NaH]. The molecule has 166 valence electrons. The van der Waals surface area contributed by atoms with Crippen molar-refractivity contribution in [2.75, 3.05) is 29.1 Å². The van der Waals surface area contributed by atoms with Gasteiger partial charge >= 0.3 is 35.5 Å². The van der Waals surface area contributed by atoms with E-state index in [0.717, 1.165) is 0 Å². The summed E-state index contributed by atoms with van der Waals surface area (Å²) in [6.45, 7) is -0.0837. The van der Waals surface area contributed by atoms with Crippen molar-refractivity contribution >= 4 is 93.2 Å². The maximum atomic E-state index is 12.7. The Morgan fingerprint density at radius 3 is 2.84 bits per heavy atom. The first-order chi connectivity index (χ1) is 14.8. The van der Waals surface area contributed by atoms with Gasteiger partial charge in [-0.15, -0.1) is 28.2 Å². The van der Waals surface area contributed by atoms with E-state index in [1.54, 1.807) is 12.4 Å². The number of rotatable bonds is 8. The quantitative estimate of drug-likeness (QED) is 0.185. The summed E-state index contributed by atoms with van der Waals surface area (Å²) in [5, 5.41) is 28.5. The van der Waals surface area contributed by atoms with Gasteiger partial charge in [0.15, 0.2) is 5.13 Å². The van der Waals surface area contributed by atoms with Crippen molar-refractivity contribution in [2.45, 2.75) is 16.6 Å². The molecule has 17 heteroatoms. The molecule has 2 amide bonds. The molecule has 1 fully saturated rings. The summed E-state index contributed by atoms with van der Waals surface area (Å²) >= 11 is 3.94. The fourth-order valence-corrected chi connectivity index (χ4v) is 5.91. The van der Waals surface area contributed by atoms with Crippen LogP contribution in [0.3, 0.4) is 0 Å². The number of aliphatic carboxylic acids is 1. The number of fused-ring (bicyclic) bond motifs is 1. The minimum atomic E-state index is -1.18. The number of anilines is 2. The second-order valence-corrected chi connectivity index (χ2v) is 9.45. The molecule has 13 nitrogen and oxygen atoms in total. The van der Waals surface area contributed by atoms with E-state index < -0.39 is 29.2 Å². The van der Waals surface area contributed by atoms with Crippen molar-refractivity contribution in [2.24, 2.45) is 7.05 Å². The molecule has 4 heterocycles. The summed E-state index contributed by atoms with van der Waals surface area (Å²) in [5.41, 5.74) is 6.10. The number of aryl methyl sites for hydroxylation is 1. The van der Waals surface area contributed by atoms with Gasteiger partial charge in [0.05, 0.1) is 6.54 Å². The van der Waals surface area contributed by atoms with Gasteiger partial charge < -0.3 is 21.5 Å². The van der Waals surface area contributed by atoms with Crippen molar-refractivity contribution in [1.82, 2.24) is 35.4 Å². The molecular formula is C15H18N9NaO4S3. The standard InChI is InChI=1S/C15H17N9O4S3.Na.H/c1-23-15(20-21-22-23)31-4-6-3-29-12-9(11(26)24(12)10(6)13(27)28)19-8(25)2-17-7-5-30-14(16)18-7;;/h5,9,12,17H,2-4H2,1H3,(H2,16,18)(H,19,25)(H,27,28);;/t9-,12-;;/m1../s1. The summed E-state index contributed by atoms with van der Waals surface area (Å²) in [6, 6.07) is -0.786. The number of hydrogen-bond donors (Lipinski definition) is 4. The number of nitrogens with zero attached hydrogens (tertiary/aromatic N) is 6. The van der Waals surface area contributed by atoms with Crippen molar-refractivity contribution in [3.63, 3.8) is 0 Å². The molecule has 0 radical (unpaired) electrons. The van der Waals surface area contributed by atoms with Crippen LogP contribution in [0.5, 0.6) is 0 Å². The van der Waals surface area contributed by atoms with Gasteiger partial charge in [-0.1, -0.05) is 11.8 Å². The predicted octanol–water partition coefficient (Wildman–Crippen LogP) is -1.46. The topological polar surface area (TPSA) is 181 Å². The zero-order valence-electron chi connectivity index (χ0n) is 16.0. The number of aromatic nitrogens is 5. The van der Waals surface area contributed by atoms with Gasteiger partial charge in [0, 0.05) is 23.9 Å². The number of nitrogens with two attached hydrogens (primary N) is 1. The van der Waals surface area contributed by atoms with Gasteiger partial charge in [-0.05, 0) is 16.0 Å².